The molecular weight excluding hydrogens is 405 g/mol. The van der Waals surface area contributed by atoms with Gasteiger partial charge in [0.05, 0.1) is 19.8 Å². The zero-order valence-electron chi connectivity index (χ0n) is 13.3. The number of guanidine groups is 1. The second-order valence-electron chi connectivity index (χ2n) is 6.19. The van der Waals surface area contributed by atoms with Crippen molar-refractivity contribution in [3.63, 3.8) is 0 Å². The van der Waals surface area contributed by atoms with Crippen molar-refractivity contribution in [2.75, 3.05) is 39.4 Å². The number of ether oxygens (including phenoxy) is 2. The molecule has 0 N–H and O–H groups in total. The predicted molar refractivity (Wildman–Crippen MR) is 99.9 cm³/mol. The average Bonchev–Trinajstić information content (AvgIpc) is 3.29. The minimum Gasteiger partial charge on any atom is -0.350 e. The van der Waals surface area contributed by atoms with E-state index >= 15 is 0 Å². The smallest absolute Gasteiger partial charge is 0.197 e. The molecule has 0 aliphatic carbocycles. The van der Waals surface area contributed by atoms with E-state index in [-0.39, 0.29) is 30.3 Å². The summed E-state index contributed by atoms with van der Waals surface area (Å²) in [7, 11) is 0. The summed E-state index contributed by atoms with van der Waals surface area (Å²) in [5, 5.41) is 0. The topological polar surface area (TPSA) is 37.3 Å². The number of nitrogens with zero attached hydrogens (tertiary/aromatic N) is 3. The lowest BCUT2D eigenvalue weighted by Gasteiger charge is -2.28. The molecular formula is C17H24IN3O2. The lowest BCUT2D eigenvalue weighted by Crippen LogP contribution is -2.41. The van der Waals surface area contributed by atoms with Crippen LogP contribution >= 0.6 is 24.0 Å². The quantitative estimate of drug-likeness (QED) is 0.691. The van der Waals surface area contributed by atoms with Crippen LogP contribution in [0.4, 0.5) is 0 Å². The van der Waals surface area contributed by atoms with Crippen LogP contribution in [0.1, 0.15) is 12.0 Å². The predicted octanol–water partition coefficient (Wildman–Crippen LogP) is 2.17. The van der Waals surface area contributed by atoms with Gasteiger partial charge in [-0.15, -0.1) is 24.0 Å². The molecule has 0 saturated carbocycles. The Bertz CT molecular complexity index is 534. The SMILES string of the molecule is I.c1ccc(CN2CCN=C2N2CCC(C3OCCO3)C2)cc1. The van der Waals surface area contributed by atoms with Crippen LogP contribution in [0, 0.1) is 5.92 Å². The van der Waals surface area contributed by atoms with Gasteiger partial charge in [0.1, 0.15) is 0 Å². The van der Waals surface area contributed by atoms with Gasteiger partial charge < -0.3 is 19.3 Å². The third kappa shape index (κ3) is 3.80. The summed E-state index contributed by atoms with van der Waals surface area (Å²) in [4.78, 5) is 9.55. The first-order valence-corrected chi connectivity index (χ1v) is 8.21. The molecule has 0 bridgehead atoms. The van der Waals surface area contributed by atoms with Crippen LogP contribution in [0.25, 0.3) is 0 Å². The van der Waals surface area contributed by atoms with Gasteiger partial charge in [-0.05, 0) is 12.0 Å². The van der Waals surface area contributed by atoms with Gasteiger partial charge in [-0.3, -0.25) is 4.99 Å². The third-order valence-corrected chi connectivity index (χ3v) is 4.66. The Morgan fingerprint density at radius 1 is 1.09 bits per heavy atom. The van der Waals surface area contributed by atoms with Crippen LogP contribution in [0.5, 0.6) is 0 Å². The molecule has 0 radical (unpaired) electrons. The molecule has 2 fully saturated rings. The van der Waals surface area contributed by atoms with Crippen molar-refractivity contribution in [2.45, 2.75) is 19.3 Å². The number of aliphatic imine (C=N–C) groups is 1. The molecule has 4 rings (SSSR count). The average molecular weight is 429 g/mol. The van der Waals surface area contributed by atoms with Gasteiger partial charge in [-0.1, -0.05) is 30.3 Å². The summed E-state index contributed by atoms with van der Waals surface area (Å²) >= 11 is 0. The Hall–Kier alpha value is -0.860. The van der Waals surface area contributed by atoms with E-state index in [1.807, 2.05) is 0 Å². The van der Waals surface area contributed by atoms with E-state index < -0.39 is 0 Å². The molecule has 1 aromatic carbocycles. The number of benzene rings is 1. The van der Waals surface area contributed by atoms with Crippen molar-refractivity contribution >= 4 is 29.9 Å². The maximum atomic E-state index is 5.67. The van der Waals surface area contributed by atoms with Crippen LogP contribution in [-0.4, -0.2) is 61.4 Å². The highest BCUT2D eigenvalue weighted by Gasteiger charge is 2.36. The molecule has 1 aromatic rings. The second-order valence-corrected chi connectivity index (χ2v) is 6.19. The molecule has 3 heterocycles. The first-order chi connectivity index (χ1) is 10.9. The summed E-state index contributed by atoms with van der Waals surface area (Å²) in [5.41, 5.74) is 1.34. The van der Waals surface area contributed by atoms with Crippen LogP contribution in [0.15, 0.2) is 35.3 Å². The van der Waals surface area contributed by atoms with E-state index in [0.29, 0.717) is 5.92 Å². The van der Waals surface area contributed by atoms with Gasteiger partial charge in [-0.2, -0.15) is 0 Å². The highest BCUT2D eigenvalue weighted by molar-refractivity contribution is 14.0. The van der Waals surface area contributed by atoms with E-state index in [0.717, 1.165) is 58.3 Å². The normalized spacial score (nSPS) is 24.9. The minimum atomic E-state index is -0.00502. The number of hydrogen-bond donors (Lipinski definition) is 0. The molecule has 6 heteroatoms. The maximum absolute atomic E-state index is 5.67. The molecule has 0 spiro atoms. The Labute approximate surface area is 154 Å². The van der Waals surface area contributed by atoms with Crippen molar-refractivity contribution in [1.82, 2.24) is 9.80 Å². The summed E-state index contributed by atoms with van der Waals surface area (Å²) in [6, 6.07) is 10.6. The number of rotatable bonds is 3. The van der Waals surface area contributed by atoms with Gasteiger partial charge in [-0.25, -0.2) is 0 Å². The van der Waals surface area contributed by atoms with Gasteiger partial charge in [0.25, 0.3) is 0 Å². The molecule has 1 unspecified atom stereocenters. The Morgan fingerprint density at radius 2 is 1.87 bits per heavy atom. The summed E-state index contributed by atoms with van der Waals surface area (Å²) in [5.74, 6) is 1.63. The summed E-state index contributed by atoms with van der Waals surface area (Å²) in [6.07, 6.45) is 1.12. The third-order valence-electron chi connectivity index (χ3n) is 4.66. The molecule has 5 nitrogen and oxygen atoms in total. The van der Waals surface area contributed by atoms with E-state index in [9.17, 15) is 0 Å². The zero-order chi connectivity index (χ0) is 14.8. The summed E-state index contributed by atoms with van der Waals surface area (Å²) in [6.45, 7) is 6.39. The molecule has 23 heavy (non-hydrogen) atoms. The van der Waals surface area contributed by atoms with Crippen molar-refractivity contribution in [1.29, 1.82) is 0 Å². The van der Waals surface area contributed by atoms with E-state index in [2.05, 4.69) is 40.1 Å². The van der Waals surface area contributed by atoms with Gasteiger partial charge in [0.2, 0.25) is 0 Å². The number of halogens is 1. The van der Waals surface area contributed by atoms with Gasteiger partial charge in [0.15, 0.2) is 12.2 Å². The molecule has 2 saturated heterocycles. The first kappa shape index (κ1) is 17.0. The van der Waals surface area contributed by atoms with E-state index in [1.165, 1.54) is 5.56 Å². The van der Waals surface area contributed by atoms with E-state index in [1.54, 1.807) is 0 Å². The lowest BCUT2D eigenvalue weighted by atomic mass is 10.1. The fraction of sp³-hybridized carbons (Fsp3) is 0.588. The number of likely N-dealkylation sites (tertiary alicyclic amines) is 1. The highest BCUT2D eigenvalue weighted by atomic mass is 127. The molecule has 126 valence electrons. The first-order valence-electron chi connectivity index (χ1n) is 8.21. The van der Waals surface area contributed by atoms with Gasteiger partial charge in [0, 0.05) is 32.1 Å². The Kier molecular flexibility index (Phi) is 5.76. The van der Waals surface area contributed by atoms with Crippen molar-refractivity contribution in [2.24, 2.45) is 10.9 Å². The van der Waals surface area contributed by atoms with Crippen molar-refractivity contribution in [3.8, 4) is 0 Å². The zero-order valence-corrected chi connectivity index (χ0v) is 15.6. The maximum Gasteiger partial charge on any atom is 0.197 e. The minimum absolute atomic E-state index is 0. The fourth-order valence-corrected chi connectivity index (χ4v) is 3.56. The molecule has 3 aliphatic heterocycles. The van der Waals surface area contributed by atoms with Gasteiger partial charge >= 0.3 is 0 Å². The van der Waals surface area contributed by atoms with Crippen LogP contribution in [0.2, 0.25) is 0 Å². The molecule has 1 atom stereocenters. The van der Waals surface area contributed by atoms with Crippen LogP contribution in [-0.2, 0) is 16.0 Å². The second kappa shape index (κ2) is 7.81. The largest absolute Gasteiger partial charge is 0.350 e. The van der Waals surface area contributed by atoms with Crippen LogP contribution in [0.3, 0.4) is 0 Å². The van der Waals surface area contributed by atoms with Crippen LogP contribution < -0.4 is 0 Å². The Morgan fingerprint density at radius 3 is 2.65 bits per heavy atom. The summed E-state index contributed by atoms with van der Waals surface area (Å²) < 4.78 is 11.3. The molecule has 3 aliphatic rings. The standard InChI is InChI=1S/C17H23N3O2.HI/c1-2-4-14(5-3-1)12-20-9-7-18-17(20)19-8-6-15(13-19)16-21-10-11-22-16;/h1-5,15-16H,6-13H2;1H. The number of hydrogen-bond acceptors (Lipinski definition) is 5. The van der Waals surface area contributed by atoms with E-state index in [4.69, 9.17) is 14.5 Å². The monoisotopic (exact) mass is 429 g/mol. The highest BCUT2D eigenvalue weighted by Crippen LogP contribution is 2.26. The van der Waals surface area contributed by atoms with Crippen molar-refractivity contribution < 1.29 is 9.47 Å². The Balaban J connectivity index is 0.00000156. The fourth-order valence-electron chi connectivity index (χ4n) is 3.56. The molecule has 0 aromatic heterocycles. The molecule has 0 amide bonds. The lowest BCUT2D eigenvalue weighted by molar-refractivity contribution is -0.0790. The van der Waals surface area contributed by atoms with Crippen molar-refractivity contribution in [3.05, 3.63) is 35.9 Å².